The molecule has 0 saturated heterocycles. The molecule has 0 heterocycles. The van der Waals surface area contributed by atoms with Gasteiger partial charge in [0.2, 0.25) is 0 Å². The molecule has 1 atom stereocenters. The predicted octanol–water partition coefficient (Wildman–Crippen LogP) is 5.10. The first-order chi connectivity index (χ1) is 10.9. The van der Waals surface area contributed by atoms with Crippen LogP contribution in [0.4, 0.5) is 0 Å². The summed E-state index contributed by atoms with van der Waals surface area (Å²) < 4.78 is 5.96. The van der Waals surface area contributed by atoms with E-state index in [1.807, 2.05) is 36.4 Å². The molecular formula is C20H25NO. The summed E-state index contributed by atoms with van der Waals surface area (Å²) in [5.74, 6) is 2.96. The van der Waals surface area contributed by atoms with Crippen molar-refractivity contribution in [3.8, 4) is 11.5 Å². The van der Waals surface area contributed by atoms with E-state index in [1.165, 1.54) is 37.7 Å². The minimum absolute atomic E-state index is 0.458. The first-order valence-electron chi connectivity index (χ1n) is 8.40. The molecule has 3 rings (SSSR count). The normalized spacial score (nSPS) is 17.1. The average Bonchev–Trinajstić information content (AvgIpc) is 2.58. The standard InChI is InChI=1S/C20H25NO/c21-15-20(16-8-3-1-4-9-16)17-10-7-13-19(14-17)22-18-11-5-2-6-12-18/h2,5-7,10-14,16,20H,1,3-4,8-9,15,21H2. The van der Waals surface area contributed by atoms with E-state index < -0.39 is 0 Å². The molecule has 1 fully saturated rings. The van der Waals surface area contributed by atoms with Crippen molar-refractivity contribution in [2.75, 3.05) is 6.54 Å². The molecule has 1 aliphatic rings. The van der Waals surface area contributed by atoms with Gasteiger partial charge in [-0.05, 0) is 61.1 Å². The smallest absolute Gasteiger partial charge is 0.127 e. The maximum atomic E-state index is 6.10. The SMILES string of the molecule is NCC(c1cccc(Oc2ccccc2)c1)C1CCCCC1. The van der Waals surface area contributed by atoms with Crippen LogP contribution in [0.1, 0.15) is 43.6 Å². The van der Waals surface area contributed by atoms with Gasteiger partial charge in [-0.2, -0.15) is 0 Å². The summed E-state index contributed by atoms with van der Waals surface area (Å²) in [6.45, 7) is 0.722. The fourth-order valence-electron chi connectivity index (χ4n) is 3.57. The van der Waals surface area contributed by atoms with E-state index in [4.69, 9.17) is 10.5 Å². The number of nitrogens with two attached hydrogens (primary N) is 1. The fraction of sp³-hybridized carbons (Fsp3) is 0.400. The van der Waals surface area contributed by atoms with Gasteiger partial charge < -0.3 is 10.5 Å². The summed E-state index contributed by atoms with van der Waals surface area (Å²) in [6, 6.07) is 18.4. The van der Waals surface area contributed by atoms with Crippen LogP contribution >= 0.6 is 0 Å². The highest BCUT2D eigenvalue weighted by molar-refractivity contribution is 5.35. The molecule has 2 aromatic carbocycles. The zero-order chi connectivity index (χ0) is 15.2. The number of hydrogen-bond acceptors (Lipinski definition) is 2. The Morgan fingerprint density at radius 2 is 1.64 bits per heavy atom. The van der Waals surface area contributed by atoms with Gasteiger partial charge in [0.05, 0.1) is 0 Å². The average molecular weight is 295 g/mol. The van der Waals surface area contributed by atoms with Crippen molar-refractivity contribution in [1.82, 2.24) is 0 Å². The molecule has 2 N–H and O–H groups in total. The van der Waals surface area contributed by atoms with E-state index in [1.54, 1.807) is 0 Å². The first kappa shape index (κ1) is 15.1. The van der Waals surface area contributed by atoms with E-state index in [9.17, 15) is 0 Å². The number of ether oxygens (including phenoxy) is 1. The quantitative estimate of drug-likeness (QED) is 0.832. The number of rotatable bonds is 5. The highest BCUT2D eigenvalue weighted by atomic mass is 16.5. The molecular weight excluding hydrogens is 270 g/mol. The van der Waals surface area contributed by atoms with E-state index in [2.05, 4.69) is 18.2 Å². The molecule has 1 saturated carbocycles. The van der Waals surface area contributed by atoms with Crippen LogP contribution in [0, 0.1) is 5.92 Å². The van der Waals surface area contributed by atoms with E-state index in [0.29, 0.717) is 5.92 Å². The third-order valence-electron chi connectivity index (χ3n) is 4.74. The van der Waals surface area contributed by atoms with Gasteiger partial charge in [0, 0.05) is 0 Å². The Kier molecular flexibility index (Phi) is 5.12. The number of para-hydroxylation sites is 1. The summed E-state index contributed by atoms with van der Waals surface area (Å²) in [7, 11) is 0. The van der Waals surface area contributed by atoms with E-state index in [-0.39, 0.29) is 0 Å². The lowest BCUT2D eigenvalue weighted by Gasteiger charge is -2.30. The summed E-state index contributed by atoms with van der Waals surface area (Å²) in [5.41, 5.74) is 7.42. The Labute approximate surface area is 133 Å². The monoisotopic (exact) mass is 295 g/mol. The molecule has 0 radical (unpaired) electrons. The van der Waals surface area contributed by atoms with Gasteiger partial charge in [0.25, 0.3) is 0 Å². The maximum Gasteiger partial charge on any atom is 0.127 e. The Balaban J connectivity index is 1.77. The van der Waals surface area contributed by atoms with Crippen LogP contribution in [0.3, 0.4) is 0 Å². The van der Waals surface area contributed by atoms with Crippen molar-refractivity contribution >= 4 is 0 Å². The van der Waals surface area contributed by atoms with Gasteiger partial charge in [0.1, 0.15) is 11.5 Å². The predicted molar refractivity (Wildman–Crippen MR) is 91.3 cm³/mol. The van der Waals surface area contributed by atoms with E-state index in [0.717, 1.165) is 24.0 Å². The van der Waals surface area contributed by atoms with Gasteiger partial charge in [-0.15, -0.1) is 0 Å². The second-order valence-corrected chi connectivity index (χ2v) is 6.23. The Hall–Kier alpha value is -1.80. The molecule has 2 nitrogen and oxygen atoms in total. The van der Waals surface area contributed by atoms with Gasteiger partial charge in [-0.25, -0.2) is 0 Å². The second-order valence-electron chi connectivity index (χ2n) is 6.23. The van der Waals surface area contributed by atoms with Gasteiger partial charge in [0.15, 0.2) is 0 Å². The first-order valence-corrected chi connectivity index (χ1v) is 8.40. The molecule has 0 spiro atoms. The summed E-state index contributed by atoms with van der Waals surface area (Å²) >= 11 is 0. The third kappa shape index (κ3) is 3.69. The molecule has 0 bridgehead atoms. The number of benzene rings is 2. The lowest BCUT2D eigenvalue weighted by Crippen LogP contribution is -2.23. The summed E-state index contributed by atoms with van der Waals surface area (Å²) in [5, 5.41) is 0. The van der Waals surface area contributed by atoms with Gasteiger partial charge in [-0.3, -0.25) is 0 Å². The molecule has 0 amide bonds. The lowest BCUT2D eigenvalue weighted by molar-refractivity contribution is 0.307. The van der Waals surface area contributed by atoms with Crippen LogP contribution in [-0.4, -0.2) is 6.54 Å². The van der Waals surface area contributed by atoms with Crippen LogP contribution in [0.5, 0.6) is 11.5 Å². The molecule has 2 heteroatoms. The molecule has 22 heavy (non-hydrogen) atoms. The molecule has 116 valence electrons. The van der Waals surface area contributed by atoms with Crippen molar-refractivity contribution < 1.29 is 4.74 Å². The van der Waals surface area contributed by atoms with Crippen LogP contribution < -0.4 is 10.5 Å². The largest absolute Gasteiger partial charge is 0.457 e. The highest BCUT2D eigenvalue weighted by Gasteiger charge is 2.24. The minimum Gasteiger partial charge on any atom is -0.457 e. The lowest BCUT2D eigenvalue weighted by atomic mass is 9.77. The third-order valence-corrected chi connectivity index (χ3v) is 4.74. The van der Waals surface area contributed by atoms with Gasteiger partial charge >= 0.3 is 0 Å². The van der Waals surface area contributed by atoms with Crippen LogP contribution in [-0.2, 0) is 0 Å². The zero-order valence-corrected chi connectivity index (χ0v) is 13.1. The van der Waals surface area contributed by atoms with Crippen LogP contribution in [0.15, 0.2) is 54.6 Å². The Morgan fingerprint density at radius 1 is 0.909 bits per heavy atom. The molecule has 1 aliphatic carbocycles. The van der Waals surface area contributed by atoms with Crippen molar-refractivity contribution in [3.63, 3.8) is 0 Å². The topological polar surface area (TPSA) is 35.2 Å². The van der Waals surface area contributed by atoms with Crippen LogP contribution in [0.2, 0.25) is 0 Å². The van der Waals surface area contributed by atoms with E-state index >= 15 is 0 Å². The van der Waals surface area contributed by atoms with Crippen molar-refractivity contribution in [3.05, 3.63) is 60.2 Å². The molecule has 0 aromatic heterocycles. The molecule has 2 aromatic rings. The summed E-state index contributed by atoms with van der Waals surface area (Å²) in [6.07, 6.45) is 6.70. The number of hydrogen-bond donors (Lipinski definition) is 1. The minimum atomic E-state index is 0.458. The maximum absolute atomic E-state index is 6.10. The summed E-state index contributed by atoms with van der Waals surface area (Å²) in [4.78, 5) is 0. The second kappa shape index (κ2) is 7.46. The van der Waals surface area contributed by atoms with Crippen LogP contribution in [0.25, 0.3) is 0 Å². The molecule has 1 unspecified atom stereocenters. The molecule has 0 aliphatic heterocycles. The van der Waals surface area contributed by atoms with Crippen molar-refractivity contribution in [2.24, 2.45) is 11.7 Å². The highest BCUT2D eigenvalue weighted by Crippen LogP contribution is 2.36. The zero-order valence-electron chi connectivity index (χ0n) is 13.1. The Bertz CT molecular complexity index is 575. The fourth-order valence-corrected chi connectivity index (χ4v) is 3.57. The van der Waals surface area contributed by atoms with Gasteiger partial charge in [-0.1, -0.05) is 49.6 Å². The van der Waals surface area contributed by atoms with Crippen molar-refractivity contribution in [2.45, 2.75) is 38.0 Å². The Morgan fingerprint density at radius 3 is 2.36 bits per heavy atom. The van der Waals surface area contributed by atoms with Crippen molar-refractivity contribution in [1.29, 1.82) is 0 Å².